The first kappa shape index (κ1) is 18.3. The van der Waals surface area contributed by atoms with Gasteiger partial charge >= 0.3 is 5.97 Å². The van der Waals surface area contributed by atoms with Crippen LogP contribution in [0.2, 0.25) is 0 Å². The number of esters is 1. The van der Waals surface area contributed by atoms with E-state index in [9.17, 15) is 9.59 Å². The number of amides is 1. The second-order valence-corrected chi connectivity index (χ2v) is 8.42. The molecule has 31 heavy (non-hydrogen) atoms. The third kappa shape index (κ3) is 2.73. The van der Waals surface area contributed by atoms with Crippen molar-refractivity contribution in [2.45, 2.75) is 18.3 Å². The Labute approximate surface area is 179 Å². The number of rotatable bonds is 4. The summed E-state index contributed by atoms with van der Waals surface area (Å²) in [5, 5.41) is 2.08. The summed E-state index contributed by atoms with van der Waals surface area (Å²) in [6, 6.07) is 23.5. The Bertz CT molecular complexity index is 1220. The molecular formula is C26H21NO4. The number of ether oxygens (including phenoxy) is 2. The number of anilines is 1. The van der Waals surface area contributed by atoms with Crippen molar-refractivity contribution in [2.24, 2.45) is 11.8 Å². The monoisotopic (exact) mass is 411 g/mol. The number of hydrogen-bond donors (Lipinski definition) is 0. The Morgan fingerprint density at radius 1 is 1.03 bits per heavy atom. The van der Waals surface area contributed by atoms with Crippen LogP contribution in [0.4, 0.5) is 5.69 Å². The average Bonchev–Trinajstić information content (AvgIpc) is 3.46. The fourth-order valence-corrected chi connectivity index (χ4v) is 5.24. The highest BCUT2D eigenvalue weighted by atomic mass is 16.6. The highest BCUT2D eigenvalue weighted by Crippen LogP contribution is 2.53. The second kappa shape index (κ2) is 6.79. The summed E-state index contributed by atoms with van der Waals surface area (Å²) in [6.45, 7) is 0.591. The number of benzene rings is 3. The molecule has 2 bridgehead atoms. The maximum Gasteiger partial charge on any atom is 0.313 e. The second-order valence-electron chi connectivity index (χ2n) is 8.42. The van der Waals surface area contributed by atoms with Gasteiger partial charge in [-0.25, -0.2) is 0 Å². The van der Waals surface area contributed by atoms with Gasteiger partial charge in [-0.15, -0.1) is 0 Å². The minimum absolute atomic E-state index is 0.0788. The number of carbonyl (C=O) groups is 2. The summed E-state index contributed by atoms with van der Waals surface area (Å²) in [6.07, 6.45) is 3.46. The molecule has 5 heteroatoms. The van der Waals surface area contributed by atoms with Crippen molar-refractivity contribution in [1.29, 1.82) is 0 Å². The van der Waals surface area contributed by atoms with Crippen LogP contribution in [0.1, 0.15) is 5.56 Å². The molecule has 2 saturated heterocycles. The van der Waals surface area contributed by atoms with Crippen molar-refractivity contribution in [3.05, 3.63) is 90.5 Å². The van der Waals surface area contributed by atoms with Crippen molar-refractivity contribution in [2.75, 3.05) is 11.4 Å². The first-order valence-corrected chi connectivity index (χ1v) is 10.5. The van der Waals surface area contributed by atoms with Gasteiger partial charge in [0.05, 0.1) is 24.3 Å². The van der Waals surface area contributed by atoms with Crippen LogP contribution in [-0.4, -0.2) is 30.1 Å². The maximum absolute atomic E-state index is 13.6. The first-order chi connectivity index (χ1) is 15.2. The van der Waals surface area contributed by atoms with E-state index in [0.717, 1.165) is 22.0 Å². The summed E-state index contributed by atoms with van der Waals surface area (Å²) in [5.41, 5.74) is 0.999. The minimum atomic E-state index is -0.769. The smallest absolute Gasteiger partial charge is 0.313 e. The third-order valence-electron chi connectivity index (χ3n) is 6.65. The molecule has 3 aliphatic heterocycles. The lowest BCUT2D eigenvalue weighted by atomic mass is 9.77. The van der Waals surface area contributed by atoms with Crippen LogP contribution in [0.25, 0.3) is 10.8 Å². The molecule has 0 unspecified atom stereocenters. The average molecular weight is 411 g/mol. The summed E-state index contributed by atoms with van der Waals surface area (Å²) in [4.78, 5) is 28.4. The zero-order valence-electron chi connectivity index (χ0n) is 16.8. The molecule has 1 amide bonds. The van der Waals surface area contributed by atoms with Crippen molar-refractivity contribution >= 4 is 28.3 Å². The van der Waals surface area contributed by atoms with Crippen LogP contribution < -0.4 is 4.90 Å². The van der Waals surface area contributed by atoms with E-state index in [-0.39, 0.29) is 18.5 Å². The SMILES string of the molecule is O=C(OCc1ccccc1)[C@H]1[C@H]2C(=O)N(c3cccc4ccccc34)C[C@]23C=C[C@H]1O3. The van der Waals surface area contributed by atoms with Gasteiger partial charge in [0.15, 0.2) is 0 Å². The zero-order chi connectivity index (χ0) is 21.0. The molecule has 154 valence electrons. The van der Waals surface area contributed by atoms with E-state index in [1.165, 1.54) is 0 Å². The van der Waals surface area contributed by atoms with Gasteiger partial charge in [0.25, 0.3) is 0 Å². The van der Waals surface area contributed by atoms with Gasteiger partial charge in [-0.3, -0.25) is 9.59 Å². The van der Waals surface area contributed by atoms with Crippen LogP contribution in [0.5, 0.6) is 0 Å². The van der Waals surface area contributed by atoms with Gasteiger partial charge in [-0.1, -0.05) is 78.9 Å². The van der Waals surface area contributed by atoms with Gasteiger partial charge < -0.3 is 14.4 Å². The Morgan fingerprint density at radius 2 is 1.81 bits per heavy atom. The minimum Gasteiger partial charge on any atom is -0.460 e. The number of nitrogens with zero attached hydrogens (tertiary/aromatic N) is 1. The molecule has 3 aromatic rings. The third-order valence-corrected chi connectivity index (χ3v) is 6.65. The highest BCUT2D eigenvalue weighted by Gasteiger charge is 2.67. The Kier molecular flexibility index (Phi) is 4.02. The Balaban J connectivity index is 1.30. The summed E-state index contributed by atoms with van der Waals surface area (Å²) in [7, 11) is 0. The summed E-state index contributed by atoms with van der Waals surface area (Å²) < 4.78 is 11.8. The topological polar surface area (TPSA) is 55.8 Å². The van der Waals surface area contributed by atoms with Crippen LogP contribution in [0.3, 0.4) is 0 Å². The molecule has 6 rings (SSSR count). The van der Waals surface area contributed by atoms with Gasteiger partial charge in [-0.2, -0.15) is 0 Å². The molecule has 2 fully saturated rings. The van der Waals surface area contributed by atoms with Crippen LogP contribution in [-0.2, 0) is 25.7 Å². The normalized spacial score (nSPS) is 28.3. The molecule has 1 spiro atoms. The molecule has 0 radical (unpaired) electrons. The molecule has 3 aliphatic rings. The lowest BCUT2D eigenvalue weighted by Gasteiger charge is -2.23. The van der Waals surface area contributed by atoms with Crippen LogP contribution in [0.15, 0.2) is 84.9 Å². The van der Waals surface area contributed by atoms with Gasteiger partial charge in [0.1, 0.15) is 18.1 Å². The summed E-state index contributed by atoms with van der Waals surface area (Å²) >= 11 is 0. The van der Waals surface area contributed by atoms with Crippen LogP contribution >= 0.6 is 0 Å². The van der Waals surface area contributed by atoms with E-state index in [1.54, 1.807) is 4.90 Å². The predicted molar refractivity (Wildman–Crippen MR) is 116 cm³/mol. The standard InChI is InChI=1S/C26H21NO4/c28-24-23-22(25(29)30-15-17-7-2-1-3-8-17)21-13-14-26(23,31-21)16-27(24)20-12-6-10-18-9-4-5-11-19(18)20/h1-14,21-23H,15-16H2/t21-,22-,23+,26-/m1/s1. The van der Waals surface area contributed by atoms with E-state index in [0.29, 0.717) is 6.54 Å². The maximum atomic E-state index is 13.6. The van der Waals surface area contributed by atoms with Crippen molar-refractivity contribution < 1.29 is 19.1 Å². The predicted octanol–water partition coefficient (Wildman–Crippen LogP) is 3.87. The molecule has 5 nitrogen and oxygen atoms in total. The van der Waals surface area contributed by atoms with Gasteiger partial charge in [0.2, 0.25) is 5.91 Å². The lowest BCUT2D eigenvalue weighted by molar-refractivity contribution is -0.153. The fraction of sp³-hybridized carbons (Fsp3) is 0.231. The summed E-state index contributed by atoms with van der Waals surface area (Å²) in [5.74, 6) is -1.64. The largest absolute Gasteiger partial charge is 0.460 e. The van der Waals surface area contributed by atoms with Crippen molar-refractivity contribution in [3.8, 4) is 0 Å². The molecular weight excluding hydrogens is 390 g/mol. The highest BCUT2D eigenvalue weighted by molar-refractivity contribution is 6.08. The van der Waals surface area contributed by atoms with Gasteiger partial charge in [-0.05, 0) is 17.0 Å². The molecule has 0 aromatic heterocycles. The van der Waals surface area contributed by atoms with Gasteiger partial charge in [0, 0.05) is 5.39 Å². The van der Waals surface area contributed by atoms with E-state index < -0.39 is 23.5 Å². The number of carbonyl (C=O) groups excluding carboxylic acids is 2. The quantitative estimate of drug-likeness (QED) is 0.483. The molecule has 0 saturated carbocycles. The van der Waals surface area contributed by atoms with Crippen molar-refractivity contribution in [3.63, 3.8) is 0 Å². The van der Waals surface area contributed by atoms with E-state index in [4.69, 9.17) is 9.47 Å². The zero-order valence-corrected chi connectivity index (χ0v) is 16.8. The number of hydrogen-bond acceptors (Lipinski definition) is 4. The lowest BCUT2D eigenvalue weighted by Crippen LogP contribution is -2.40. The van der Waals surface area contributed by atoms with E-state index in [2.05, 4.69) is 0 Å². The van der Waals surface area contributed by atoms with E-state index >= 15 is 0 Å². The Morgan fingerprint density at radius 3 is 2.68 bits per heavy atom. The van der Waals surface area contributed by atoms with E-state index in [1.807, 2.05) is 84.9 Å². The molecule has 3 aromatic carbocycles. The fourth-order valence-electron chi connectivity index (χ4n) is 5.24. The molecule has 4 atom stereocenters. The molecule has 3 heterocycles. The van der Waals surface area contributed by atoms with Crippen molar-refractivity contribution in [1.82, 2.24) is 0 Å². The van der Waals surface area contributed by atoms with Crippen LogP contribution in [0, 0.1) is 11.8 Å². The Hall–Kier alpha value is -3.44. The number of fused-ring (bicyclic) bond motifs is 2. The first-order valence-electron chi connectivity index (χ1n) is 10.5. The molecule has 0 N–H and O–H groups in total. The molecule has 0 aliphatic carbocycles.